The molecule has 2 aromatic heterocycles. The summed E-state index contributed by atoms with van der Waals surface area (Å²) in [6.07, 6.45) is 4.02. The van der Waals surface area contributed by atoms with Gasteiger partial charge in [-0.2, -0.15) is 5.10 Å². The van der Waals surface area contributed by atoms with Gasteiger partial charge >= 0.3 is 5.97 Å². The number of aromatic amines is 1. The molecule has 1 saturated carbocycles. The average Bonchev–Trinajstić information content (AvgIpc) is 3.47. The highest BCUT2D eigenvalue weighted by Gasteiger charge is 2.37. The van der Waals surface area contributed by atoms with Crippen LogP contribution in [0.1, 0.15) is 56.7 Å². The number of benzene rings is 2. The third-order valence-corrected chi connectivity index (χ3v) is 7.29. The zero-order valence-electron chi connectivity index (χ0n) is 20.7. The topological polar surface area (TPSA) is 89.4 Å². The van der Waals surface area contributed by atoms with Gasteiger partial charge in [0.1, 0.15) is 5.52 Å². The van der Waals surface area contributed by atoms with E-state index in [9.17, 15) is 14.3 Å². The molecule has 5 rings (SSSR count). The van der Waals surface area contributed by atoms with Crippen LogP contribution in [0.5, 0.6) is 5.75 Å². The van der Waals surface area contributed by atoms with Gasteiger partial charge in [-0.15, -0.1) is 0 Å². The summed E-state index contributed by atoms with van der Waals surface area (Å²) in [5, 5.41) is 19.2. The van der Waals surface area contributed by atoms with Gasteiger partial charge in [0.25, 0.3) is 0 Å². The Balaban J connectivity index is 1.82. The number of H-pyrrole nitrogens is 1. The van der Waals surface area contributed by atoms with Crippen LogP contribution in [0.25, 0.3) is 27.5 Å². The van der Waals surface area contributed by atoms with Crippen molar-refractivity contribution < 1.29 is 28.2 Å². The van der Waals surface area contributed by atoms with Crippen LogP contribution in [0, 0.1) is 17.6 Å². The van der Waals surface area contributed by atoms with Crippen LogP contribution < -0.4 is 4.74 Å². The number of aliphatic hydroxyl groups is 1. The standard InChI is InChI=1S/C27H29F2N3O4/c1-27(2,34)25-21(14-5-7-15(8-6-14)26(33)36-4)22-19(11-16-13-30-31-24(16)23(22)29)32(25)17-9-10-18(28)20(12-17)35-3/h9-15,34H,5-8H2,1-4H3,(H,30,31). The number of nitrogens with zero attached hydrogens (tertiary/aromatic N) is 2. The maximum absolute atomic E-state index is 16.2. The first-order valence-electron chi connectivity index (χ1n) is 12.0. The minimum atomic E-state index is -1.37. The normalized spacial score (nSPS) is 18.6. The summed E-state index contributed by atoms with van der Waals surface area (Å²) in [6, 6.07) is 6.25. The number of fused-ring (bicyclic) bond motifs is 2. The van der Waals surface area contributed by atoms with Gasteiger partial charge in [-0.3, -0.25) is 9.89 Å². The number of hydrogen-bond donors (Lipinski definition) is 2. The molecule has 0 saturated heterocycles. The first-order chi connectivity index (χ1) is 17.2. The van der Waals surface area contributed by atoms with Crippen molar-refractivity contribution in [3.63, 3.8) is 0 Å². The fraction of sp³-hybridized carbons (Fsp3) is 0.407. The lowest BCUT2D eigenvalue weighted by Gasteiger charge is -2.30. The van der Waals surface area contributed by atoms with Gasteiger partial charge in [0.05, 0.1) is 43.1 Å². The number of methoxy groups -OCH3 is 2. The van der Waals surface area contributed by atoms with Gasteiger partial charge < -0.3 is 19.1 Å². The number of halogens is 2. The summed E-state index contributed by atoms with van der Waals surface area (Å²) in [5.74, 6) is -1.47. The average molecular weight is 498 g/mol. The summed E-state index contributed by atoms with van der Waals surface area (Å²) < 4.78 is 42.4. The number of nitrogens with one attached hydrogen (secondary N) is 1. The van der Waals surface area contributed by atoms with Crippen molar-refractivity contribution in [3.8, 4) is 11.4 Å². The molecule has 1 aliphatic carbocycles. The molecule has 0 amide bonds. The lowest BCUT2D eigenvalue weighted by Crippen LogP contribution is -2.26. The molecule has 0 bridgehead atoms. The Bertz CT molecular complexity index is 1460. The fourth-order valence-corrected chi connectivity index (χ4v) is 5.67. The Morgan fingerprint density at radius 1 is 1.17 bits per heavy atom. The van der Waals surface area contributed by atoms with E-state index in [1.54, 1.807) is 36.7 Å². The number of hydrogen-bond acceptors (Lipinski definition) is 5. The minimum Gasteiger partial charge on any atom is -0.494 e. The zero-order chi connectivity index (χ0) is 25.8. The molecule has 1 aliphatic rings. The van der Waals surface area contributed by atoms with Gasteiger partial charge in [0.15, 0.2) is 17.4 Å². The van der Waals surface area contributed by atoms with Crippen molar-refractivity contribution in [1.82, 2.24) is 14.8 Å². The third kappa shape index (κ3) is 3.82. The second-order valence-corrected chi connectivity index (χ2v) is 9.97. The van der Waals surface area contributed by atoms with E-state index < -0.39 is 17.2 Å². The molecule has 7 nitrogen and oxygen atoms in total. The van der Waals surface area contributed by atoms with Crippen molar-refractivity contribution in [1.29, 1.82) is 0 Å². The maximum Gasteiger partial charge on any atom is 0.308 e. The molecular weight excluding hydrogens is 468 g/mol. The SMILES string of the molecule is COC(=O)C1CCC(c2c(C(C)(C)O)n(-c3ccc(F)c(OC)c3)c3cc4cn[nH]c4c(F)c23)CC1. The molecule has 0 atom stereocenters. The Labute approximate surface area is 207 Å². The summed E-state index contributed by atoms with van der Waals surface area (Å²) >= 11 is 0. The molecule has 2 aromatic carbocycles. The van der Waals surface area contributed by atoms with E-state index in [0.29, 0.717) is 58.9 Å². The highest BCUT2D eigenvalue weighted by atomic mass is 19.1. The fourth-order valence-electron chi connectivity index (χ4n) is 5.67. The molecular formula is C27H29F2N3O4. The van der Waals surface area contributed by atoms with Crippen LogP contribution in [-0.2, 0) is 15.1 Å². The zero-order valence-corrected chi connectivity index (χ0v) is 20.7. The largest absolute Gasteiger partial charge is 0.494 e. The van der Waals surface area contributed by atoms with E-state index in [1.165, 1.54) is 20.3 Å². The van der Waals surface area contributed by atoms with Crippen molar-refractivity contribution >= 4 is 27.8 Å². The molecule has 0 aliphatic heterocycles. The van der Waals surface area contributed by atoms with E-state index in [1.807, 2.05) is 6.07 Å². The summed E-state index contributed by atoms with van der Waals surface area (Å²) in [4.78, 5) is 12.1. The number of carbonyl (C=O) groups is 1. The van der Waals surface area contributed by atoms with Crippen molar-refractivity contribution in [3.05, 3.63) is 53.4 Å². The van der Waals surface area contributed by atoms with Crippen LogP contribution in [0.15, 0.2) is 30.5 Å². The molecule has 2 N–H and O–H groups in total. The van der Waals surface area contributed by atoms with Gasteiger partial charge in [-0.1, -0.05) is 0 Å². The van der Waals surface area contributed by atoms with E-state index in [0.717, 1.165) is 0 Å². The predicted molar refractivity (Wildman–Crippen MR) is 131 cm³/mol. The van der Waals surface area contributed by atoms with Gasteiger partial charge in [0.2, 0.25) is 0 Å². The lowest BCUT2D eigenvalue weighted by molar-refractivity contribution is -0.146. The molecule has 2 heterocycles. The summed E-state index contributed by atoms with van der Waals surface area (Å²) in [6.45, 7) is 3.32. The molecule has 36 heavy (non-hydrogen) atoms. The first-order valence-corrected chi connectivity index (χ1v) is 12.0. The Morgan fingerprint density at radius 2 is 1.89 bits per heavy atom. The molecule has 190 valence electrons. The van der Waals surface area contributed by atoms with Crippen LogP contribution in [0.4, 0.5) is 8.78 Å². The minimum absolute atomic E-state index is 0.0426. The maximum atomic E-state index is 16.2. The molecule has 9 heteroatoms. The monoisotopic (exact) mass is 497 g/mol. The molecule has 0 radical (unpaired) electrons. The van der Waals surface area contributed by atoms with Gasteiger partial charge in [-0.25, -0.2) is 8.78 Å². The smallest absolute Gasteiger partial charge is 0.308 e. The Morgan fingerprint density at radius 3 is 2.53 bits per heavy atom. The van der Waals surface area contributed by atoms with Gasteiger partial charge in [-0.05, 0) is 69.2 Å². The van der Waals surface area contributed by atoms with Crippen LogP contribution >= 0.6 is 0 Å². The number of rotatable bonds is 5. The number of esters is 1. The van der Waals surface area contributed by atoms with Gasteiger partial charge in [0, 0.05) is 22.5 Å². The van der Waals surface area contributed by atoms with E-state index in [-0.39, 0.29) is 29.1 Å². The van der Waals surface area contributed by atoms with E-state index in [4.69, 9.17) is 9.47 Å². The van der Waals surface area contributed by atoms with E-state index >= 15 is 4.39 Å². The number of carbonyl (C=O) groups excluding carboxylic acids is 1. The van der Waals surface area contributed by atoms with Crippen LogP contribution in [0.3, 0.4) is 0 Å². The quantitative estimate of drug-likeness (QED) is 0.357. The predicted octanol–water partition coefficient (Wildman–Crippen LogP) is 5.47. The second-order valence-electron chi connectivity index (χ2n) is 9.97. The van der Waals surface area contributed by atoms with Crippen molar-refractivity contribution in [2.75, 3.05) is 14.2 Å². The second kappa shape index (κ2) is 8.89. The lowest BCUT2D eigenvalue weighted by atomic mass is 9.76. The summed E-state index contributed by atoms with van der Waals surface area (Å²) in [7, 11) is 2.77. The Hall–Kier alpha value is -3.46. The van der Waals surface area contributed by atoms with Crippen molar-refractivity contribution in [2.24, 2.45) is 5.92 Å². The Kier molecular flexibility index (Phi) is 5.98. The highest BCUT2D eigenvalue weighted by Crippen LogP contribution is 2.47. The third-order valence-electron chi connectivity index (χ3n) is 7.29. The van der Waals surface area contributed by atoms with Crippen molar-refractivity contribution in [2.45, 2.75) is 51.0 Å². The molecule has 1 fully saturated rings. The van der Waals surface area contributed by atoms with E-state index in [2.05, 4.69) is 10.2 Å². The van der Waals surface area contributed by atoms with Crippen LogP contribution in [-0.4, -0.2) is 40.1 Å². The number of ether oxygens (including phenoxy) is 2. The highest BCUT2D eigenvalue weighted by molar-refractivity contribution is 6.00. The summed E-state index contributed by atoms with van der Waals surface area (Å²) in [5.41, 5.74) is 1.20. The molecule has 4 aromatic rings. The number of aromatic nitrogens is 3. The van der Waals surface area contributed by atoms with Crippen LogP contribution in [0.2, 0.25) is 0 Å². The molecule has 0 spiro atoms. The first kappa shape index (κ1) is 24.2. The molecule has 0 unspecified atom stereocenters.